The van der Waals surface area contributed by atoms with Crippen molar-refractivity contribution in [2.24, 2.45) is 5.92 Å². The van der Waals surface area contributed by atoms with E-state index in [0.717, 1.165) is 37.5 Å². The maximum atomic E-state index is 12.4. The second-order valence-electron chi connectivity index (χ2n) is 8.19. The van der Waals surface area contributed by atoms with Crippen LogP contribution in [0, 0.1) is 5.92 Å². The van der Waals surface area contributed by atoms with Crippen LogP contribution in [0.5, 0.6) is 0 Å². The molecule has 1 aromatic rings. The molecule has 1 aliphatic carbocycles. The van der Waals surface area contributed by atoms with E-state index in [1.165, 1.54) is 44.7 Å². The first kappa shape index (κ1) is 19.7. The fraction of sp³-hybridized carbons (Fsp3) is 0.636. The van der Waals surface area contributed by atoms with E-state index in [9.17, 15) is 9.59 Å². The average molecular weight is 372 g/mol. The van der Waals surface area contributed by atoms with Gasteiger partial charge in [-0.3, -0.25) is 9.59 Å². The number of rotatable bonds is 5. The summed E-state index contributed by atoms with van der Waals surface area (Å²) in [5, 5.41) is 3.10. The van der Waals surface area contributed by atoms with Crippen LogP contribution in [0.15, 0.2) is 24.3 Å². The fourth-order valence-electron chi connectivity index (χ4n) is 4.16. The molecule has 0 unspecified atom stereocenters. The van der Waals surface area contributed by atoms with E-state index in [-0.39, 0.29) is 24.4 Å². The Hall–Kier alpha value is -2.04. The quantitative estimate of drug-likeness (QED) is 0.858. The van der Waals surface area contributed by atoms with Gasteiger partial charge in [-0.25, -0.2) is 0 Å². The molecule has 1 N–H and O–H groups in total. The third kappa shape index (κ3) is 5.47. The lowest BCUT2D eigenvalue weighted by Gasteiger charge is -2.32. The Balaban J connectivity index is 1.60. The van der Waals surface area contributed by atoms with Crippen molar-refractivity contribution < 1.29 is 9.59 Å². The Morgan fingerprint density at radius 3 is 2.26 bits per heavy atom. The van der Waals surface area contributed by atoms with Gasteiger partial charge >= 0.3 is 0 Å². The lowest BCUT2D eigenvalue weighted by Crippen LogP contribution is -2.44. The summed E-state index contributed by atoms with van der Waals surface area (Å²) in [5.74, 6) is 0.635. The number of nitrogens with zero attached hydrogens (tertiary/aromatic N) is 2. The van der Waals surface area contributed by atoms with Crippen molar-refractivity contribution in [3.05, 3.63) is 24.3 Å². The van der Waals surface area contributed by atoms with Crippen LogP contribution in [0.2, 0.25) is 0 Å². The summed E-state index contributed by atoms with van der Waals surface area (Å²) in [4.78, 5) is 28.5. The lowest BCUT2D eigenvalue weighted by atomic mass is 9.95. The Labute approximate surface area is 163 Å². The monoisotopic (exact) mass is 371 g/mol. The number of amides is 2. The van der Waals surface area contributed by atoms with Gasteiger partial charge in [0.15, 0.2) is 0 Å². The van der Waals surface area contributed by atoms with E-state index in [2.05, 4.69) is 29.3 Å². The molecule has 27 heavy (non-hydrogen) atoms. The minimum absolute atomic E-state index is 0.0637. The van der Waals surface area contributed by atoms with Crippen LogP contribution >= 0.6 is 0 Å². The number of anilines is 2. The van der Waals surface area contributed by atoms with Crippen LogP contribution in [0.1, 0.15) is 58.8 Å². The summed E-state index contributed by atoms with van der Waals surface area (Å²) in [7, 11) is 0. The van der Waals surface area contributed by atoms with E-state index >= 15 is 0 Å². The Bertz CT molecular complexity index is 629. The Morgan fingerprint density at radius 2 is 1.67 bits per heavy atom. The third-order valence-corrected chi connectivity index (χ3v) is 5.96. The highest BCUT2D eigenvalue weighted by Gasteiger charge is 2.21. The van der Waals surface area contributed by atoms with Gasteiger partial charge in [0.05, 0.1) is 0 Å². The summed E-state index contributed by atoms with van der Waals surface area (Å²) >= 11 is 0. The summed E-state index contributed by atoms with van der Waals surface area (Å²) in [6.07, 6.45) is 8.17. The van der Waals surface area contributed by atoms with Crippen LogP contribution in [-0.4, -0.2) is 37.5 Å². The summed E-state index contributed by atoms with van der Waals surface area (Å²) in [6.45, 7) is 6.09. The average Bonchev–Trinajstić information content (AvgIpc) is 2.67. The molecule has 1 aliphatic heterocycles. The molecule has 0 radical (unpaired) electrons. The zero-order valence-corrected chi connectivity index (χ0v) is 16.7. The molecule has 1 aromatic carbocycles. The number of hydrogen-bond acceptors (Lipinski definition) is 3. The Morgan fingerprint density at radius 1 is 1.04 bits per heavy atom. The first-order valence-electron chi connectivity index (χ1n) is 10.5. The number of piperidine rings is 1. The van der Waals surface area contributed by atoms with Gasteiger partial charge in [0.1, 0.15) is 6.54 Å². The van der Waals surface area contributed by atoms with E-state index in [1.54, 1.807) is 4.90 Å². The van der Waals surface area contributed by atoms with E-state index in [0.29, 0.717) is 0 Å². The van der Waals surface area contributed by atoms with Crippen molar-refractivity contribution in [3.63, 3.8) is 0 Å². The first-order chi connectivity index (χ1) is 13.0. The van der Waals surface area contributed by atoms with E-state index in [1.807, 2.05) is 12.1 Å². The fourth-order valence-corrected chi connectivity index (χ4v) is 4.16. The molecule has 5 heteroatoms. The van der Waals surface area contributed by atoms with E-state index < -0.39 is 0 Å². The molecule has 0 atom stereocenters. The van der Waals surface area contributed by atoms with Crippen molar-refractivity contribution >= 4 is 23.2 Å². The molecule has 0 aromatic heterocycles. The van der Waals surface area contributed by atoms with Gasteiger partial charge in [-0.1, -0.05) is 26.2 Å². The smallest absolute Gasteiger partial charge is 0.240 e. The topological polar surface area (TPSA) is 52.7 Å². The summed E-state index contributed by atoms with van der Waals surface area (Å²) in [6, 6.07) is 8.33. The standard InChI is InChI=1S/C22H33N3O2/c1-17-12-14-24(15-13-17)20-8-10-21(11-9-20)25(18(2)26)16-22(27)23-19-6-4-3-5-7-19/h8-11,17,19H,3-7,12-16H2,1-2H3,(H,23,27). The van der Waals surface area contributed by atoms with Crippen LogP contribution in [-0.2, 0) is 9.59 Å². The zero-order valence-electron chi connectivity index (χ0n) is 16.7. The number of carbonyl (C=O) groups excluding carboxylic acids is 2. The molecule has 2 fully saturated rings. The first-order valence-corrected chi connectivity index (χ1v) is 10.5. The van der Waals surface area contributed by atoms with Crippen LogP contribution in [0.25, 0.3) is 0 Å². The molecule has 3 rings (SSSR count). The van der Waals surface area contributed by atoms with Crippen molar-refractivity contribution in [1.82, 2.24) is 5.32 Å². The number of nitrogens with one attached hydrogen (secondary N) is 1. The van der Waals surface area contributed by atoms with Gasteiger partial charge in [0.25, 0.3) is 0 Å². The molecule has 2 amide bonds. The number of hydrogen-bond donors (Lipinski definition) is 1. The normalized spacial score (nSPS) is 19.0. The molecule has 1 saturated carbocycles. The predicted molar refractivity (Wildman–Crippen MR) is 110 cm³/mol. The lowest BCUT2D eigenvalue weighted by molar-refractivity contribution is -0.123. The number of benzene rings is 1. The summed E-state index contributed by atoms with van der Waals surface area (Å²) in [5.41, 5.74) is 1.98. The van der Waals surface area contributed by atoms with Gasteiger partial charge in [0, 0.05) is 37.4 Å². The molecule has 2 aliphatic rings. The van der Waals surface area contributed by atoms with Gasteiger partial charge < -0.3 is 15.1 Å². The predicted octanol–water partition coefficient (Wildman–Crippen LogP) is 3.72. The molecule has 148 valence electrons. The molecular formula is C22H33N3O2. The second-order valence-corrected chi connectivity index (χ2v) is 8.19. The second kappa shape index (κ2) is 9.25. The third-order valence-electron chi connectivity index (χ3n) is 5.96. The highest BCUT2D eigenvalue weighted by molar-refractivity contribution is 5.97. The SMILES string of the molecule is CC(=O)N(CC(=O)NC1CCCCC1)c1ccc(N2CCC(C)CC2)cc1. The van der Waals surface area contributed by atoms with Gasteiger partial charge in [-0.05, 0) is 55.9 Å². The zero-order chi connectivity index (χ0) is 19.2. The van der Waals surface area contributed by atoms with Crippen LogP contribution in [0.4, 0.5) is 11.4 Å². The molecular weight excluding hydrogens is 338 g/mol. The molecule has 0 spiro atoms. The van der Waals surface area contributed by atoms with Crippen LogP contribution < -0.4 is 15.1 Å². The molecule has 5 nitrogen and oxygen atoms in total. The van der Waals surface area contributed by atoms with Crippen molar-refractivity contribution in [1.29, 1.82) is 0 Å². The minimum Gasteiger partial charge on any atom is -0.372 e. The largest absolute Gasteiger partial charge is 0.372 e. The van der Waals surface area contributed by atoms with Gasteiger partial charge in [0.2, 0.25) is 11.8 Å². The van der Waals surface area contributed by atoms with Gasteiger partial charge in [-0.15, -0.1) is 0 Å². The van der Waals surface area contributed by atoms with Crippen molar-refractivity contribution in [2.45, 2.75) is 64.8 Å². The Kier molecular flexibility index (Phi) is 6.75. The van der Waals surface area contributed by atoms with Crippen molar-refractivity contribution in [2.75, 3.05) is 29.4 Å². The maximum Gasteiger partial charge on any atom is 0.240 e. The van der Waals surface area contributed by atoms with Gasteiger partial charge in [-0.2, -0.15) is 0 Å². The number of carbonyl (C=O) groups is 2. The molecule has 1 heterocycles. The molecule has 0 bridgehead atoms. The summed E-state index contributed by atoms with van der Waals surface area (Å²) < 4.78 is 0. The minimum atomic E-state index is -0.103. The maximum absolute atomic E-state index is 12.4. The molecule has 1 saturated heterocycles. The van der Waals surface area contributed by atoms with Crippen molar-refractivity contribution in [3.8, 4) is 0 Å². The van der Waals surface area contributed by atoms with E-state index in [4.69, 9.17) is 0 Å². The highest BCUT2D eigenvalue weighted by Crippen LogP contribution is 2.25. The highest BCUT2D eigenvalue weighted by atomic mass is 16.2. The van der Waals surface area contributed by atoms with Crippen LogP contribution in [0.3, 0.4) is 0 Å².